The lowest BCUT2D eigenvalue weighted by Gasteiger charge is -2.16. The lowest BCUT2D eigenvalue weighted by molar-refractivity contribution is 0.0960. The number of carbonyl (C=O) groups excluding carboxylic acids is 1. The van der Waals surface area contributed by atoms with Gasteiger partial charge in [0.2, 0.25) is 0 Å². The summed E-state index contributed by atoms with van der Waals surface area (Å²) in [5.74, 6) is 0.0698. The van der Waals surface area contributed by atoms with Crippen LogP contribution in [0.1, 0.15) is 33.2 Å². The molecule has 0 spiro atoms. The van der Waals surface area contributed by atoms with Gasteiger partial charge in [0.05, 0.1) is 6.04 Å². The number of benzene rings is 2. The summed E-state index contributed by atoms with van der Waals surface area (Å²) in [7, 11) is 4.03. The predicted molar refractivity (Wildman–Crippen MR) is 93.1 cm³/mol. The molecule has 5 nitrogen and oxygen atoms in total. The molecule has 3 N–H and O–H groups in total. The summed E-state index contributed by atoms with van der Waals surface area (Å²) < 4.78 is 0. The Kier molecular flexibility index (Phi) is 3.32. The number of rotatable bonds is 3. The average Bonchev–Trinajstić information content (AvgIpc) is 3.04. The Labute approximate surface area is 139 Å². The van der Waals surface area contributed by atoms with Gasteiger partial charge in [-0.15, -0.1) is 0 Å². The topological polar surface area (TPSA) is 68.4 Å². The molecule has 1 aromatic heterocycles. The second-order valence-corrected chi connectivity index (χ2v) is 6.48. The van der Waals surface area contributed by atoms with Crippen molar-refractivity contribution in [1.29, 1.82) is 0 Å². The highest BCUT2D eigenvalue weighted by molar-refractivity contribution is 6.01. The molecule has 1 amide bonds. The van der Waals surface area contributed by atoms with Crippen molar-refractivity contribution >= 4 is 16.8 Å². The van der Waals surface area contributed by atoms with Crippen molar-refractivity contribution in [2.24, 2.45) is 0 Å². The van der Waals surface area contributed by atoms with E-state index < -0.39 is 0 Å². The molecule has 0 unspecified atom stereocenters. The summed E-state index contributed by atoms with van der Waals surface area (Å²) in [5.41, 5.74) is 4.63. The monoisotopic (exact) mass is 321 g/mol. The van der Waals surface area contributed by atoms with Crippen LogP contribution in [0.25, 0.3) is 10.9 Å². The number of hydrogen-bond donors (Lipinski definition) is 3. The molecule has 1 aliphatic heterocycles. The lowest BCUT2D eigenvalue weighted by atomic mass is 9.95. The first-order chi connectivity index (χ1) is 11.5. The molecule has 24 heavy (non-hydrogen) atoms. The van der Waals surface area contributed by atoms with Gasteiger partial charge in [-0.05, 0) is 43.9 Å². The van der Waals surface area contributed by atoms with E-state index in [-0.39, 0.29) is 17.7 Å². The maximum atomic E-state index is 12.3. The van der Waals surface area contributed by atoms with Crippen LogP contribution in [0, 0.1) is 0 Å². The molecular weight excluding hydrogens is 302 g/mol. The molecule has 4 rings (SSSR count). The van der Waals surface area contributed by atoms with E-state index in [9.17, 15) is 9.90 Å². The third kappa shape index (κ3) is 2.25. The summed E-state index contributed by atoms with van der Waals surface area (Å²) in [4.78, 5) is 17.9. The quantitative estimate of drug-likeness (QED) is 0.695. The van der Waals surface area contributed by atoms with Crippen LogP contribution < -0.4 is 5.32 Å². The molecule has 2 heterocycles. The van der Waals surface area contributed by atoms with Gasteiger partial charge in [0.15, 0.2) is 0 Å². The summed E-state index contributed by atoms with van der Waals surface area (Å²) >= 11 is 0. The molecule has 3 aromatic rings. The molecule has 0 saturated heterocycles. The highest BCUT2D eigenvalue weighted by atomic mass is 16.3. The minimum Gasteiger partial charge on any atom is -0.508 e. The van der Waals surface area contributed by atoms with Crippen LogP contribution in [-0.2, 0) is 6.54 Å². The van der Waals surface area contributed by atoms with E-state index in [4.69, 9.17) is 0 Å². The Morgan fingerprint density at radius 2 is 1.96 bits per heavy atom. The average molecular weight is 321 g/mol. The number of aromatic amines is 1. The summed E-state index contributed by atoms with van der Waals surface area (Å²) in [6, 6.07) is 12.8. The van der Waals surface area contributed by atoms with Gasteiger partial charge in [0, 0.05) is 34.3 Å². The number of phenols is 1. The van der Waals surface area contributed by atoms with Crippen LogP contribution >= 0.6 is 0 Å². The number of para-hydroxylation sites is 1. The van der Waals surface area contributed by atoms with E-state index in [0.717, 1.165) is 34.3 Å². The van der Waals surface area contributed by atoms with E-state index in [1.165, 1.54) is 0 Å². The van der Waals surface area contributed by atoms with Gasteiger partial charge in [-0.2, -0.15) is 0 Å². The van der Waals surface area contributed by atoms with Gasteiger partial charge in [-0.3, -0.25) is 4.79 Å². The van der Waals surface area contributed by atoms with Crippen LogP contribution in [0.5, 0.6) is 5.75 Å². The number of aromatic hydroxyl groups is 1. The fourth-order valence-electron chi connectivity index (χ4n) is 3.50. The van der Waals surface area contributed by atoms with Gasteiger partial charge >= 0.3 is 0 Å². The Bertz CT molecular complexity index is 943. The van der Waals surface area contributed by atoms with Crippen molar-refractivity contribution < 1.29 is 9.90 Å². The van der Waals surface area contributed by atoms with Gasteiger partial charge < -0.3 is 20.3 Å². The molecule has 0 saturated carbocycles. The van der Waals surface area contributed by atoms with Gasteiger partial charge in [0.1, 0.15) is 5.75 Å². The van der Waals surface area contributed by atoms with E-state index >= 15 is 0 Å². The van der Waals surface area contributed by atoms with Gasteiger partial charge in [-0.25, -0.2) is 0 Å². The zero-order chi connectivity index (χ0) is 16.8. The molecule has 0 radical (unpaired) electrons. The Morgan fingerprint density at radius 3 is 2.75 bits per heavy atom. The third-order valence-corrected chi connectivity index (χ3v) is 4.46. The molecule has 1 atom stereocenters. The van der Waals surface area contributed by atoms with Crippen molar-refractivity contribution in [3.05, 3.63) is 64.8 Å². The van der Waals surface area contributed by atoms with E-state index in [2.05, 4.69) is 21.3 Å². The van der Waals surface area contributed by atoms with Crippen LogP contribution in [0.4, 0.5) is 0 Å². The van der Waals surface area contributed by atoms with Crippen molar-refractivity contribution in [1.82, 2.24) is 15.2 Å². The first-order valence-corrected chi connectivity index (χ1v) is 7.92. The molecule has 1 aliphatic rings. The van der Waals surface area contributed by atoms with E-state index in [0.29, 0.717) is 5.56 Å². The molecular formula is C19H19N3O2. The van der Waals surface area contributed by atoms with Crippen molar-refractivity contribution in [2.45, 2.75) is 12.6 Å². The van der Waals surface area contributed by atoms with E-state index in [1.807, 2.05) is 32.3 Å². The maximum absolute atomic E-state index is 12.3. The summed E-state index contributed by atoms with van der Waals surface area (Å²) in [6.07, 6.45) is 0. The molecule has 0 fully saturated rings. The number of aromatic nitrogens is 1. The highest BCUT2D eigenvalue weighted by Gasteiger charge is 2.33. The van der Waals surface area contributed by atoms with Crippen LogP contribution in [0.2, 0.25) is 0 Å². The lowest BCUT2D eigenvalue weighted by Crippen LogP contribution is -2.22. The minimum absolute atomic E-state index is 0.101. The van der Waals surface area contributed by atoms with Gasteiger partial charge in [-0.1, -0.05) is 18.2 Å². The first kappa shape index (κ1) is 14.8. The Morgan fingerprint density at radius 1 is 1.17 bits per heavy atom. The Hall–Kier alpha value is -2.79. The number of carbonyl (C=O) groups is 1. The number of phenolic OH excluding ortho intramolecular Hbond substituents is 1. The second kappa shape index (κ2) is 5.39. The number of fused-ring (bicyclic) bond motifs is 2. The van der Waals surface area contributed by atoms with Crippen LogP contribution in [0.3, 0.4) is 0 Å². The first-order valence-electron chi connectivity index (χ1n) is 7.92. The number of amides is 1. The SMILES string of the molecule is CN(C)Cc1[nH]c2ccccc2c1[C@H]1NC(=O)c2ccc(O)cc21. The molecule has 2 aromatic carbocycles. The summed E-state index contributed by atoms with van der Waals surface area (Å²) in [6.45, 7) is 0.741. The molecule has 5 heteroatoms. The number of H-pyrrole nitrogens is 1. The molecule has 0 aliphatic carbocycles. The minimum atomic E-state index is -0.259. The predicted octanol–water partition coefficient (Wildman–Crippen LogP) is 2.77. The maximum Gasteiger partial charge on any atom is 0.252 e. The van der Waals surface area contributed by atoms with Gasteiger partial charge in [0.25, 0.3) is 5.91 Å². The standard InChI is InChI=1S/C19H19N3O2/c1-22(2)10-16-17(13-5-3-4-6-15(13)20-16)18-14-9-11(23)7-8-12(14)19(24)21-18/h3-9,18,20,23H,10H2,1-2H3,(H,21,24)/t18-/m0/s1. The molecule has 122 valence electrons. The third-order valence-electron chi connectivity index (χ3n) is 4.46. The van der Waals surface area contributed by atoms with Crippen molar-refractivity contribution in [2.75, 3.05) is 14.1 Å². The Balaban J connectivity index is 1.94. The fourth-order valence-corrected chi connectivity index (χ4v) is 3.50. The summed E-state index contributed by atoms with van der Waals surface area (Å²) in [5, 5.41) is 14.0. The second-order valence-electron chi connectivity index (χ2n) is 6.48. The van der Waals surface area contributed by atoms with Crippen molar-refractivity contribution in [3.8, 4) is 5.75 Å². The van der Waals surface area contributed by atoms with Crippen LogP contribution in [0.15, 0.2) is 42.5 Å². The smallest absolute Gasteiger partial charge is 0.252 e. The van der Waals surface area contributed by atoms with Crippen LogP contribution in [-0.4, -0.2) is 35.0 Å². The van der Waals surface area contributed by atoms with Crippen molar-refractivity contribution in [3.63, 3.8) is 0 Å². The number of hydrogen-bond acceptors (Lipinski definition) is 3. The highest BCUT2D eigenvalue weighted by Crippen LogP contribution is 2.38. The number of nitrogens with zero attached hydrogens (tertiary/aromatic N) is 1. The fraction of sp³-hybridized carbons (Fsp3) is 0.211. The largest absolute Gasteiger partial charge is 0.508 e. The normalized spacial score (nSPS) is 16.6. The zero-order valence-corrected chi connectivity index (χ0v) is 13.6. The van der Waals surface area contributed by atoms with E-state index in [1.54, 1.807) is 18.2 Å². The number of nitrogens with one attached hydrogen (secondary N) is 2. The zero-order valence-electron chi connectivity index (χ0n) is 13.6. The molecule has 0 bridgehead atoms.